The summed E-state index contributed by atoms with van der Waals surface area (Å²) < 4.78 is 18.5. The van der Waals surface area contributed by atoms with E-state index in [1.165, 1.54) is 0 Å². The number of hydrogen-bond donors (Lipinski definition) is 2. The van der Waals surface area contributed by atoms with E-state index in [0.29, 0.717) is 35.2 Å². The topological polar surface area (TPSA) is 107 Å². The van der Waals surface area contributed by atoms with Crippen LogP contribution in [0.3, 0.4) is 0 Å². The Balaban J connectivity index is 1.59. The molecule has 1 aliphatic rings. The van der Waals surface area contributed by atoms with Gasteiger partial charge in [-0.05, 0) is 44.9 Å². The number of benzene rings is 1. The maximum Gasteiger partial charge on any atom is 0.146 e. The van der Waals surface area contributed by atoms with Crippen LogP contribution in [0, 0.1) is 0 Å². The fraction of sp³-hybridized carbons (Fsp3) is 0.400. The molecule has 0 radical (unpaired) electrons. The van der Waals surface area contributed by atoms with Gasteiger partial charge in [0.2, 0.25) is 0 Å². The van der Waals surface area contributed by atoms with E-state index < -0.39 is 0 Å². The van der Waals surface area contributed by atoms with Gasteiger partial charge in [-0.1, -0.05) is 5.16 Å². The van der Waals surface area contributed by atoms with E-state index in [1.54, 1.807) is 20.4 Å². The average molecular weight is 464 g/mol. The Morgan fingerprint density at radius 2 is 2.00 bits per heavy atom. The van der Waals surface area contributed by atoms with Gasteiger partial charge >= 0.3 is 0 Å². The molecule has 1 fully saturated rings. The Bertz CT molecular complexity index is 1320. The first-order chi connectivity index (χ1) is 16.5. The molecule has 9 heteroatoms. The summed E-state index contributed by atoms with van der Waals surface area (Å²) in [6.07, 6.45) is 3.88. The molecule has 3 heterocycles. The van der Waals surface area contributed by atoms with Crippen molar-refractivity contribution < 1.29 is 19.1 Å². The predicted octanol–water partition coefficient (Wildman–Crippen LogP) is 4.67. The van der Waals surface area contributed by atoms with Crippen LogP contribution in [0.2, 0.25) is 0 Å². The van der Waals surface area contributed by atoms with Gasteiger partial charge in [0.25, 0.3) is 0 Å². The van der Waals surface area contributed by atoms with Crippen LogP contribution in [0.5, 0.6) is 11.5 Å². The molecule has 1 saturated carbocycles. The third-order valence-electron chi connectivity index (χ3n) is 6.20. The zero-order valence-corrected chi connectivity index (χ0v) is 19.8. The fourth-order valence-corrected chi connectivity index (χ4v) is 4.28. The molecule has 4 aromatic rings. The first-order valence-electron chi connectivity index (χ1n) is 11.5. The van der Waals surface area contributed by atoms with Crippen LogP contribution >= 0.6 is 0 Å². The number of fused-ring (bicyclic) bond motifs is 1. The molecule has 3 aromatic heterocycles. The number of aliphatic hydroxyl groups is 1. The van der Waals surface area contributed by atoms with E-state index in [2.05, 4.69) is 29.3 Å². The highest BCUT2D eigenvalue weighted by Gasteiger charge is 2.34. The molecule has 9 nitrogen and oxygen atoms in total. The van der Waals surface area contributed by atoms with Gasteiger partial charge in [0.05, 0.1) is 37.3 Å². The smallest absolute Gasteiger partial charge is 0.146 e. The van der Waals surface area contributed by atoms with Gasteiger partial charge in [0.15, 0.2) is 0 Å². The van der Waals surface area contributed by atoms with Crippen molar-refractivity contribution in [3.05, 3.63) is 47.3 Å². The van der Waals surface area contributed by atoms with E-state index >= 15 is 0 Å². The lowest BCUT2D eigenvalue weighted by Crippen LogP contribution is -2.05. The lowest BCUT2D eigenvalue weighted by Gasteiger charge is -2.13. The second-order valence-electron chi connectivity index (χ2n) is 8.78. The van der Waals surface area contributed by atoms with Crippen molar-refractivity contribution in [2.24, 2.45) is 0 Å². The molecule has 0 saturated heterocycles. The zero-order chi connectivity index (χ0) is 23.8. The average Bonchev–Trinajstić information content (AvgIpc) is 3.49. The molecule has 178 valence electrons. The number of hydrogen-bond acceptors (Lipinski definition) is 8. The Morgan fingerprint density at radius 3 is 2.68 bits per heavy atom. The van der Waals surface area contributed by atoms with E-state index in [0.717, 1.165) is 46.6 Å². The molecule has 34 heavy (non-hydrogen) atoms. The summed E-state index contributed by atoms with van der Waals surface area (Å²) >= 11 is 0. The summed E-state index contributed by atoms with van der Waals surface area (Å²) in [5.41, 5.74) is 3.84. The van der Waals surface area contributed by atoms with Crippen molar-refractivity contribution >= 4 is 16.7 Å². The third kappa shape index (κ3) is 3.86. The molecule has 0 bridgehead atoms. The first-order valence-corrected chi connectivity index (χ1v) is 11.5. The molecule has 0 atom stereocenters. The Kier molecular flexibility index (Phi) is 5.87. The summed E-state index contributed by atoms with van der Waals surface area (Å²) in [6, 6.07) is 7.80. The molecule has 2 N–H and O–H groups in total. The molecule has 0 amide bonds. The number of methoxy groups -OCH3 is 2. The maximum absolute atomic E-state index is 10.1. The van der Waals surface area contributed by atoms with E-state index in [1.807, 2.05) is 28.9 Å². The minimum Gasteiger partial charge on any atom is -0.497 e. The van der Waals surface area contributed by atoms with Crippen molar-refractivity contribution in [2.75, 3.05) is 19.5 Å². The van der Waals surface area contributed by atoms with Gasteiger partial charge in [-0.2, -0.15) is 5.10 Å². The number of anilines is 1. The van der Waals surface area contributed by atoms with Crippen molar-refractivity contribution in [1.82, 2.24) is 19.9 Å². The van der Waals surface area contributed by atoms with Crippen LogP contribution in [0.15, 0.2) is 35.0 Å². The van der Waals surface area contributed by atoms with Gasteiger partial charge in [0.1, 0.15) is 34.5 Å². The van der Waals surface area contributed by atoms with E-state index in [-0.39, 0.29) is 12.6 Å². The number of rotatable bonds is 9. The lowest BCUT2D eigenvalue weighted by atomic mass is 10.1. The highest BCUT2D eigenvalue weighted by molar-refractivity contribution is 6.00. The highest BCUT2D eigenvalue weighted by Crippen LogP contribution is 2.45. The molecule has 0 aliphatic heterocycles. The first kappa shape index (κ1) is 22.2. The van der Waals surface area contributed by atoms with Crippen LogP contribution in [-0.2, 0) is 13.2 Å². The predicted molar refractivity (Wildman–Crippen MR) is 128 cm³/mol. The lowest BCUT2D eigenvalue weighted by molar-refractivity contribution is 0.277. The van der Waals surface area contributed by atoms with Gasteiger partial charge in [-0.15, -0.1) is 0 Å². The largest absolute Gasteiger partial charge is 0.497 e. The monoisotopic (exact) mass is 463 g/mol. The van der Waals surface area contributed by atoms with E-state index in [9.17, 15) is 5.11 Å². The molecular formula is C25H29N5O4. The van der Waals surface area contributed by atoms with Gasteiger partial charge in [-0.3, -0.25) is 4.68 Å². The van der Waals surface area contributed by atoms with Crippen molar-refractivity contribution in [1.29, 1.82) is 0 Å². The summed E-state index contributed by atoms with van der Waals surface area (Å²) in [5, 5.41) is 23.7. The van der Waals surface area contributed by atoms with Crippen molar-refractivity contribution in [2.45, 2.75) is 51.8 Å². The Labute approximate surface area is 197 Å². The standard InChI is InChI=1S/C25H29N5O4/c1-14(2)30-19-9-10-26-25(27-12-16-7-8-17(32-3)11-20(16)33-4)21(19)23(28-30)22-18(13-31)24(34-29-22)15-5-6-15/h7-11,14-15,31H,5-6,12-13H2,1-4H3,(H,26,27). The normalized spacial score (nSPS) is 13.6. The highest BCUT2D eigenvalue weighted by atomic mass is 16.5. The Morgan fingerprint density at radius 1 is 1.18 bits per heavy atom. The molecule has 0 spiro atoms. The molecule has 0 unspecified atom stereocenters. The number of nitrogens with zero attached hydrogens (tertiary/aromatic N) is 4. The molecule has 1 aliphatic carbocycles. The SMILES string of the molecule is COc1ccc(CNc2nccc3c2c(-c2noc(C4CC4)c2CO)nn3C(C)C)c(OC)c1. The van der Waals surface area contributed by atoms with E-state index in [4.69, 9.17) is 19.1 Å². The van der Waals surface area contributed by atoms with Gasteiger partial charge < -0.3 is 24.4 Å². The van der Waals surface area contributed by atoms with Gasteiger partial charge in [0, 0.05) is 36.3 Å². The number of aliphatic hydroxyl groups excluding tert-OH is 1. The van der Waals surface area contributed by atoms with Crippen molar-refractivity contribution in [3.8, 4) is 22.9 Å². The van der Waals surface area contributed by atoms with Gasteiger partial charge in [-0.25, -0.2) is 4.98 Å². The second-order valence-corrected chi connectivity index (χ2v) is 8.78. The summed E-state index contributed by atoms with van der Waals surface area (Å²) in [4.78, 5) is 4.63. The number of ether oxygens (including phenoxy) is 2. The minimum atomic E-state index is -0.146. The van der Waals surface area contributed by atoms with Crippen LogP contribution < -0.4 is 14.8 Å². The maximum atomic E-state index is 10.1. The molecular weight excluding hydrogens is 434 g/mol. The van der Waals surface area contributed by atoms with Crippen LogP contribution in [0.1, 0.15) is 55.5 Å². The van der Waals surface area contributed by atoms with Crippen molar-refractivity contribution in [3.63, 3.8) is 0 Å². The number of aromatic nitrogens is 4. The summed E-state index contributed by atoms with van der Waals surface area (Å²) in [5.74, 6) is 3.24. The third-order valence-corrected chi connectivity index (χ3v) is 6.20. The summed E-state index contributed by atoms with van der Waals surface area (Å²) in [7, 11) is 3.27. The van der Waals surface area contributed by atoms with Crippen LogP contribution in [0.4, 0.5) is 5.82 Å². The summed E-state index contributed by atoms with van der Waals surface area (Å²) in [6.45, 7) is 4.51. The Hall–Kier alpha value is -3.59. The number of pyridine rings is 1. The molecule has 5 rings (SSSR count). The second kappa shape index (κ2) is 8.98. The quantitative estimate of drug-likeness (QED) is 0.369. The zero-order valence-electron chi connectivity index (χ0n) is 19.8. The van der Waals surface area contributed by atoms with Crippen LogP contribution in [-0.4, -0.2) is 39.2 Å². The minimum absolute atomic E-state index is 0.126. The molecule has 1 aromatic carbocycles. The number of nitrogens with one attached hydrogen (secondary N) is 1. The fourth-order valence-electron chi connectivity index (χ4n) is 4.28. The van der Waals surface area contributed by atoms with Crippen LogP contribution in [0.25, 0.3) is 22.3 Å².